The summed E-state index contributed by atoms with van der Waals surface area (Å²) in [5, 5.41) is 9.22. The molecule has 1 aromatic carbocycles. The number of anilines is 1. The highest BCUT2D eigenvalue weighted by molar-refractivity contribution is 5.84. The van der Waals surface area contributed by atoms with Gasteiger partial charge in [-0.3, -0.25) is 4.99 Å². The minimum atomic E-state index is 0.199. The smallest absolute Gasteiger partial charge is 0.124 e. The molecule has 0 saturated carbocycles. The molecular formula is C8H10N2O. The molecule has 1 aromatic rings. The Morgan fingerprint density at radius 1 is 1.55 bits per heavy atom. The van der Waals surface area contributed by atoms with Crippen LogP contribution in [-0.4, -0.2) is 18.4 Å². The Labute approximate surface area is 65.2 Å². The van der Waals surface area contributed by atoms with Crippen molar-refractivity contribution in [1.29, 1.82) is 0 Å². The van der Waals surface area contributed by atoms with E-state index in [0.717, 1.165) is 0 Å². The van der Waals surface area contributed by atoms with Crippen molar-refractivity contribution < 1.29 is 5.11 Å². The van der Waals surface area contributed by atoms with Gasteiger partial charge in [-0.1, -0.05) is 0 Å². The molecule has 0 radical (unpaired) electrons. The van der Waals surface area contributed by atoms with Gasteiger partial charge in [0.2, 0.25) is 0 Å². The molecule has 11 heavy (non-hydrogen) atoms. The maximum atomic E-state index is 9.22. The topological polar surface area (TPSA) is 58.6 Å². The number of phenols is 1. The normalized spacial score (nSPS) is 10.6. The molecule has 1 rings (SSSR count). The molecule has 3 heteroatoms. The molecule has 0 unspecified atom stereocenters. The molecule has 0 aromatic heterocycles. The number of nitrogens with zero attached hydrogens (tertiary/aromatic N) is 1. The van der Waals surface area contributed by atoms with Gasteiger partial charge in [0, 0.05) is 24.5 Å². The Kier molecular flexibility index (Phi) is 2.11. The number of nitrogen functional groups attached to an aromatic ring is 1. The summed E-state index contributed by atoms with van der Waals surface area (Å²) in [7, 11) is 1.64. The van der Waals surface area contributed by atoms with Crippen LogP contribution in [0.2, 0.25) is 0 Å². The quantitative estimate of drug-likeness (QED) is 0.357. The van der Waals surface area contributed by atoms with Crippen LogP contribution < -0.4 is 5.73 Å². The lowest BCUT2D eigenvalue weighted by atomic mass is 10.2. The molecule has 0 amide bonds. The van der Waals surface area contributed by atoms with Crippen LogP contribution >= 0.6 is 0 Å². The van der Waals surface area contributed by atoms with Gasteiger partial charge in [0.05, 0.1) is 0 Å². The number of aliphatic imine (C=N–C) groups is 1. The average Bonchev–Trinajstić information content (AvgIpc) is 1.98. The zero-order valence-corrected chi connectivity index (χ0v) is 6.28. The van der Waals surface area contributed by atoms with Gasteiger partial charge >= 0.3 is 0 Å². The first-order valence-electron chi connectivity index (χ1n) is 3.24. The van der Waals surface area contributed by atoms with Crippen LogP contribution in [0, 0.1) is 0 Å². The first-order valence-corrected chi connectivity index (χ1v) is 3.24. The lowest BCUT2D eigenvalue weighted by Gasteiger charge is -1.98. The van der Waals surface area contributed by atoms with Crippen molar-refractivity contribution in [3.05, 3.63) is 23.8 Å². The summed E-state index contributed by atoms with van der Waals surface area (Å²) in [5.74, 6) is 0.199. The van der Waals surface area contributed by atoms with Crippen molar-refractivity contribution in [3.63, 3.8) is 0 Å². The highest BCUT2D eigenvalue weighted by Crippen LogP contribution is 2.17. The van der Waals surface area contributed by atoms with Crippen molar-refractivity contribution in [2.75, 3.05) is 12.8 Å². The fourth-order valence-electron chi connectivity index (χ4n) is 0.815. The number of benzene rings is 1. The van der Waals surface area contributed by atoms with Crippen LogP contribution in [0.4, 0.5) is 5.69 Å². The maximum Gasteiger partial charge on any atom is 0.124 e. The van der Waals surface area contributed by atoms with Gasteiger partial charge < -0.3 is 10.8 Å². The molecular weight excluding hydrogens is 140 g/mol. The van der Waals surface area contributed by atoms with E-state index in [1.54, 1.807) is 31.5 Å². The molecule has 0 aliphatic rings. The molecule has 3 nitrogen and oxygen atoms in total. The first-order chi connectivity index (χ1) is 5.24. The Morgan fingerprint density at radius 2 is 2.27 bits per heavy atom. The van der Waals surface area contributed by atoms with E-state index in [1.807, 2.05) is 0 Å². The summed E-state index contributed by atoms with van der Waals surface area (Å²) in [5.41, 5.74) is 6.75. The van der Waals surface area contributed by atoms with Crippen molar-refractivity contribution in [1.82, 2.24) is 0 Å². The van der Waals surface area contributed by atoms with E-state index in [1.165, 1.54) is 0 Å². The van der Waals surface area contributed by atoms with Gasteiger partial charge in [-0.15, -0.1) is 0 Å². The van der Waals surface area contributed by atoms with Crippen molar-refractivity contribution in [3.8, 4) is 5.75 Å². The lowest BCUT2D eigenvalue weighted by molar-refractivity contribution is 0.474. The number of nitrogens with two attached hydrogens (primary N) is 1. The number of hydrogen-bond acceptors (Lipinski definition) is 3. The minimum Gasteiger partial charge on any atom is -0.507 e. The number of rotatable bonds is 1. The number of aromatic hydroxyl groups is 1. The van der Waals surface area contributed by atoms with Crippen LogP contribution in [0.25, 0.3) is 0 Å². The first kappa shape index (κ1) is 7.60. The summed E-state index contributed by atoms with van der Waals surface area (Å²) < 4.78 is 0. The summed E-state index contributed by atoms with van der Waals surface area (Å²) in [6.45, 7) is 0. The van der Waals surface area contributed by atoms with Crippen molar-refractivity contribution in [2.24, 2.45) is 4.99 Å². The molecule has 0 heterocycles. The largest absolute Gasteiger partial charge is 0.507 e. The molecule has 0 spiro atoms. The van der Waals surface area contributed by atoms with E-state index in [4.69, 9.17) is 5.73 Å². The van der Waals surface area contributed by atoms with E-state index in [9.17, 15) is 5.11 Å². The fourth-order valence-corrected chi connectivity index (χ4v) is 0.815. The summed E-state index contributed by atoms with van der Waals surface area (Å²) in [6, 6.07) is 4.86. The van der Waals surface area contributed by atoms with Crippen molar-refractivity contribution in [2.45, 2.75) is 0 Å². The Bertz CT molecular complexity index is 281. The minimum absolute atomic E-state index is 0.199. The Balaban J connectivity index is 3.12. The highest BCUT2D eigenvalue weighted by Gasteiger charge is 1.96. The predicted octanol–water partition coefficient (Wildman–Crippen LogP) is 1.02. The molecule has 0 bridgehead atoms. The van der Waals surface area contributed by atoms with Crippen LogP contribution in [0.3, 0.4) is 0 Å². The zero-order valence-electron chi connectivity index (χ0n) is 6.28. The zero-order chi connectivity index (χ0) is 8.27. The molecule has 3 N–H and O–H groups in total. The third kappa shape index (κ3) is 1.70. The lowest BCUT2D eigenvalue weighted by Crippen LogP contribution is -1.88. The second-order valence-electron chi connectivity index (χ2n) is 2.21. The third-order valence-corrected chi connectivity index (χ3v) is 1.32. The number of hydrogen-bond donors (Lipinski definition) is 2. The van der Waals surface area contributed by atoms with Gasteiger partial charge in [-0.05, 0) is 18.2 Å². The van der Waals surface area contributed by atoms with Gasteiger partial charge in [0.25, 0.3) is 0 Å². The van der Waals surface area contributed by atoms with Crippen LogP contribution in [-0.2, 0) is 0 Å². The van der Waals surface area contributed by atoms with Crippen LogP contribution in [0.1, 0.15) is 5.56 Å². The Hall–Kier alpha value is -1.51. The van der Waals surface area contributed by atoms with E-state index in [2.05, 4.69) is 4.99 Å². The summed E-state index contributed by atoms with van der Waals surface area (Å²) in [6.07, 6.45) is 1.56. The average molecular weight is 150 g/mol. The molecule has 0 atom stereocenters. The third-order valence-electron chi connectivity index (χ3n) is 1.32. The van der Waals surface area contributed by atoms with Gasteiger partial charge in [0.1, 0.15) is 5.75 Å². The van der Waals surface area contributed by atoms with E-state index >= 15 is 0 Å². The molecule has 58 valence electrons. The predicted molar refractivity (Wildman–Crippen MR) is 46.0 cm³/mol. The number of phenolic OH excluding ortho intramolecular Hbond substituents is 1. The molecule has 0 aliphatic heterocycles. The Morgan fingerprint density at radius 3 is 2.91 bits per heavy atom. The fraction of sp³-hybridized carbons (Fsp3) is 0.125. The highest BCUT2D eigenvalue weighted by atomic mass is 16.3. The van der Waals surface area contributed by atoms with Crippen molar-refractivity contribution >= 4 is 11.9 Å². The summed E-state index contributed by atoms with van der Waals surface area (Å²) in [4.78, 5) is 3.77. The second-order valence-corrected chi connectivity index (χ2v) is 2.21. The van der Waals surface area contributed by atoms with Gasteiger partial charge in [-0.25, -0.2) is 0 Å². The SMILES string of the molecule is CN=Cc1cc(N)ccc1O. The second kappa shape index (κ2) is 3.05. The monoisotopic (exact) mass is 150 g/mol. The molecule has 0 fully saturated rings. The van der Waals surface area contributed by atoms with E-state index in [0.29, 0.717) is 11.3 Å². The molecule has 0 saturated heterocycles. The van der Waals surface area contributed by atoms with E-state index in [-0.39, 0.29) is 5.75 Å². The standard InChI is InChI=1S/C8H10N2O/c1-10-5-6-4-7(9)2-3-8(6)11/h2-5,11H,9H2,1H3. The van der Waals surface area contributed by atoms with Gasteiger partial charge in [0.15, 0.2) is 0 Å². The maximum absolute atomic E-state index is 9.22. The van der Waals surface area contributed by atoms with Crippen LogP contribution in [0.15, 0.2) is 23.2 Å². The molecule has 0 aliphatic carbocycles. The van der Waals surface area contributed by atoms with Crippen LogP contribution in [0.5, 0.6) is 5.75 Å². The van der Waals surface area contributed by atoms with Gasteiger partial charge in [-0.2, -0.15) is 0 Å². The van der Waals surface area contributed by atoms with E-state index < -0.39 is 0 Å². The summed E-state index contributed by atoms with van der Waals surface area (Å²) >= 11 is 0.